The molecule has 1 N–H and O–H groups in total. The first-order valence-corrected chi connectivity index (χ1v) is 5.83. The molecule has 2 aromatic carbocycles. The number of methoxy groups -OCH3 is 1. The second-order valence-electron chi connectivity index (χ2n) is 3.98. The number of ether oxygens (including phenoxy) is 2. The van der Waals surface area contributed by atoms with Crippen LogP contribution in [0.15, 0.2) is 48.5 Å². The van der Waals surface area contributed by atoms with Gasteiger partial charge >= 0.3 is 0 Å². The van der Waals surface area contributed by atoms with E-state index in [4.69, 9.17) is 9.47 Å². The van der Waals surface area contributed by atoms with Crippen LogP contribution in [-0.4, -0.2) is 18.8 Å². The summed E-state index contributed by atoms with van der Waals surface area (Å²) < 4.78 is 10.7. The zero-order valence-electron chi connectivity index (χ0n) is 10.3. The fourth-order valence-electron chi connectivity index (χ4n) is 1.59. The van der Waals surface area contributed by atoms with E-state index in [1.165, 1.54) is 5.56 Å². The maximum absolute atomic E-state index is 9.17. The van der Waals surface area contributed by atoms with Crippen LogP contribution in [0.3, 0.4) is 0 Å². The number of phenols is 1. The van der Waals surface area contributed by atoms with Gasteiger partial charge in [0.25, 0.3) is 0 Å². The lowest BCUT2D eigenvalue weighted by Gasteiger charge is -2.06. The minimum absolute atomic E-state index is 0.234. The molecule has 94 valence electrons. The van der Waals surface area contributed by atoms with Crippen molar-refractivity contribution in [3.63, 3.8) is 0 Å². The third kappa shape index (κ3) is 3.50. The van der Waals surface area contributed by atoms with Gasteiger partial charge in [-0.3, -0.25) is 0 Å². The Kier molecular flexibility index (Phi) is 4.20. The molecule has 0 bridgehead atoms. The van der Waals surface area contributed by atoms with Crippen LogP contribution in [0.1, 0.15) is 5.56 Å². The van der Waals surface area contributed by atoms with E-state index in [9.17, 15) is 5.11 Å². The molecule has 0 atom stereocenters. The summed E-state index contributed by atoms with van der Waals surface area (Å²) in [4.78, 5) is 0. The maximum Gasteiger partial charge on any atom is 0.127 e. The largest absolute Gasteiger partial charge is 0.508 e. The molecule has 0 radical (unpaired) electrons. The third-order valence-corrected chi connectivity index (χ3v) is 2.59. The number of rotatable bonds is 5. The highest BCUT2D eigenvalue weighted by atomic mass is 16.5. The van der Waals surface area contributed by atoms with Gasteiger partial charge in [0, 0.05) is 7.11 Å². The lowest BCUT2D eigenvalue weighted by Crippen LogP contribution is -1.94. The van der Waals surface area contributed by atoms with Gasteiger partial charge in [-0.25, -0.2) is 0 Å². The average molecular weight is 244 g/mol. The van der Waals surface area contributed by atoms with Gasteiger partial charge in [0.1, 0.15) is 17.2 Å². The molecule has 3 nitrogen and oxygen atoms in total. The SMILES string of the molecule is COCCc1ccc(Oc2ccc(O)cc2)cc1. The van der Waals surface area contributed by atoms with Crippen LogP contribution in [0, 0.1) is 0 Å². The first-order chi connectivity index (χ1) is 8.78. The molecule has 18 heavy (non-hydrogen) atoms. The number of aromatic hydroxyl groups is 1. The summed E-state index contributed by atoms with van der Waals surface area (Å²) in [7, 11) is 1.70. The molecule has 0 fully saturated rings. The van der Waals surface area contributed by atoms with E-state index in [1.54, 1.807) is 31.4 Å². The van der Waals surface area contributed by atoms with Crippen LogP contribution in [-0.2, 0) is 11.2 Å². The molecule has 0 amide bonds. The van der Waals surface area contributed by atoms with Crippen molar-refractivity contribution in [3.8, 4) is 17.2 Å². The highest BCUT2D eigenvalue weighted by molar-refractivity contribution is 5.35. The lowest BCUT2D eigenvalue weighted by atomic mass is 10.1. The van der Waals surface area contributed by atoms with Crippen LogP contribution in [0.4, 0.5) is 0 Å². The molecule has 0 unspecified atom stereocenters. The Hall–Kier alpha value is -2.00. The molecule has 3 heteroatoms. The highest BCUT2D eigenvalue weighted by Gasteiger charge is 1.98. The quantitative estimate of drug-likeness (QED) is 0.876. The predicted octanol–water partition coefficient (Wildman–Crippen LogP) is 3.37. The van der Waals surface area contributed by atoms with Gasteiger partial charge in [0.05, 0.1) is 6.61 Å². The van der Waals surface area contributed by atoms with Crippen molar-refractivity contribution in [3.05, 3.63) is 54.1 Å². The van der Waals surface area contributed by atoms with E-state index in [0.717, 1.165) is 18.8 Å². The van der Waals surface area contributed by atoms with Crippen molar-refractivity contribution in [1.82, 2.24) is 0 Å². The van der Waals surface area contributed by atoms with E-state index in [-0.39, 0.29) is 5.75 Å². The Bertz CT molecular complexity index is 474. The van der Waals surface area contributed by atoms with Gasteiger partial charge in [0.2, 0.25) is 0 Å². The molecular formula is C15H16O3. The molecule has 0 aromatic heterocycles. The van der Waals surface area contributed by atoms with Crippen LogP contribution in [0.5, 0.6) is 17.2 Å². The normalized spacial score (nSPS) is 10.3. The second-order valence-corrected chi connectivity index (χ2v) is 3.98. The number of hydrogen-bond acceptors (Lipinski definition) is 3. The fourth-order valence-corrected chi connectivity index (χ4v) is 1.59. The molecule has 2 aromatic rings. The zero-order chi connectivity index (χ0) is 12.8. The summed E-state index contributed by atoms with van der Waals surface area (Å²) in [6, 6.07) is 14.6. The second kappa shape index (κ2) is 6.07. The van der Waals surface area contributed by atoms with Gasteiger partial charge in [-0.2, -0.15) is 0 Å². The van der Waals surface area contributed by atoms with Gasteiger partial charge in [-0.05, 0) is 48.4 Å². The summed E-state index contributed by atoms with van der Waals surface area (Å²) >= 11 is 0. The van der Waals surface area contributed by atoms with Gasteiger partial charge in [-0.15, -0.1) is 0 Å². The van der Waals surface area contributed by atoms with Crippen LogP contribution >= 0.6 is 0 Å². The molecule has 0 spiro atoms. The molecular weight excluding hydrogens is 228 g/mol. The van der Waals surface area contributed by atoms with Crippen molar-refractivity contribution >= 4 is 0 Å². The van der Waals surface area contributed by atoms with Crippen LogP contribution in [0.25, 0.3) is 0 Å². The van der Waals surface area contributed by atoms with E-state index < -0.39 is 0 Å². The summed E-state index contributed by atoms with van der Waals surface area (Å²) in [6.07, 6.45) is 0.899. The van der Waals surface area contributed by atoms with E-state index in [0.29, 0.717) is 5.75 Å². The summed E-state index contributed by atoms with van der Waals surface area (Å²) in [6.45, 7) is 0.720. The molecule has 2 rings (SSSR count). The molecule has 0 aliphatic carbocycles. The first kappa shape index (κ1) is 12.5. The average Bonchev–Trinajstić information content (AvgIpc) is 2.41. The third-order valence-electron chi connectivity index (χ3n) is 2.59. The standard InChI is InChI=1S/C15H16O3/c1-17-11-10-12-2-6-14(7-3-12)18-15-8-4-13(16)5-9-15/h2-9,16H,10-11H2,1H3. The Labute approximate surface area is 107 Å². The Balaban J connectivity index is 1.99. The molecule has 0 aliphatic heterocycles. The zero-order valence-corrected chi connectivity index (χ0v) is 10.3. The fraction of sp³-hybridized carbons (Fsp3) is 0.200. The van der Waals surface area contributed by atoms with Gasteiger partial charge in [-0.1, -0.05) is 12.1 Å². The monoisotopic (exact) mass is 244 g/mol. The smallest absolute Gasteiger partial charge is 0.127 e. The van der Waals surface area contributed by atoms with Crippen molar-refractivity contribution in [2.24, 2.45) is 0 Å². The van der Waals surface area contributed by atoms with E-state index >= 15 is 0 Å². The maximum atomic E-state index is 9.17. The van der Waals surface area contributed by atoms with Crippen molar-refractivity contribution < 1.29 is 14.6 Å². The van der Waals surface area contributed by atoms with Crippen LogP contribution in [0.2, 0.25) is 0 Å². The van der Waals surface area contributed by atoms with Crippen molar-refractivity contribution in [1.29, 1.82) is 0 Å². The molecule has 0 saturated carbocycles. The van der Waals surface area contributed by atoms with Crippen molar-refractivity contribution in [2.45, 2.75) is 6.42 Å². The van der Waals surface area contributed by atoms with Crippen LogP contribution < -0.4 is 4.74 Å². The first-order valence-electron chi connectivity index (χ1n) is 5.83. The minimum atomic E-state index is 0.234. The van der Waals surface area contributed by atoms with Gasteiger partial charge < -0.3 is 14.6 Å². The summed E-state index contributed by atoms with van der Waals surface area (Å²) in [5.74, 6) is 1.72. The molecule has 0 heterocycles. The van der Waals surface area contributed by atoms with Crippen molar-refractivity contribution in [2.75, 3.05) is 13.7 Å². The Morgan fingerprint density at radius 2 is 1.44 bits per heavy atom. The summed E-state index contributed by atoms with van der Waals surface area (Å²) in [5, 5.41) is 9.17. The highest BCUT2D eigenvalue weighted by Crippen LogP contribution is 2.23. The Morgan fingerprint density at radius 3 is 2.00 bits per heavy atom. The lowest BCUT2D eigenvalue weighted by molar-refractivity contribution is 0.202. The van der Waals surface area contributed by atoms with Gasteiger partial charge in [0.15, 0.2) is 0 Å². The van der Waals surface area contributed by atoms with E-state index in [1.807, 2.05) is 24.3 Å². The number of phenolic OH excluding ortho intramolecular Hbond substituents is 1. The summed E-state index contributed by atoms with van der Waals surface area (Å²) in [5.41, 5.74) is 1.22. The number of hydrogen-bond donors (Lipinski definition) is 1. The topological polar surface area (TPSA) is 38.7 Å². The number of benzene rings is 2. The molecule has 0 aliphatic rings. The Morgan fingerprint density at radius 1 is 0.889 bits per heavy atom. The molecule has 0 saturated heterocycles. The van der Waals surface area contributed by atoms with E-state index in [2.05, 4.69) is 0 Å². The predicted molar refractivity (Wildman–Crippen MR) is 70.2 cm³/mol. The minimum Gasteiger partial charge on any atom is -0.508 e.